The molecule has 0 radical (unpaired) electrons. The van der Waals surface area contributed by atoms with Crippen LogP contribution in [0.3, 0.4) is 0 Å². The van der Waals surface area contributed by atoms with Gasteiger partial charge in [-0.1, -0.05) is 200 Å². The van der Waals surface area contributed by atoms with Crippen LogP contribution in [-0.4, -0.2) is 87.5 Å². The Morgan fingerprint density at radius 2 is 1.15 bits per heavy atom. The molecule has 0 aromatic carbocycles. The van der Waals surface area contributed by atoms with E-state index in [1.165, 1.54) is 148 Å². The van der Waals surface area contributed by atoms with Gasteiger partial charge in [0, 0.05) is 6.42 Å². The minimum atomic E-state index is -1.56. The Hall–Kier alpha value is -1.07. The maximum atomic E-state index is 12.9. The van der Waals surface area contributed by atoms with Gasteiger partial charge in [-0.3, -0.25) is 4.79 Å². The first-order valence-corrected chi connectivity index (χ1v) is 23.3. The molecule has 0 aliphatic carbocycles. The lowest BCUT2D eigenvalue weighted by molar-refractivity contribution is -0.302. The molecule has 0 spiro atoms. The average Bonchev–Trinajstić information content (AvgIpc) is 3.18. The number of amides is 1. The van der Waals surface area contributed by atoms with Crippen LogP contribution < -0.4 is 5.32 Å². The first kappa shape index (κ1) is 51.9. The topological polar surface area (TPSA) is 149 Å². The van der Waals surface area contributed by atoms with Gasteiger partial charge < -0.3 is 40.3 Å². The van der Waals surface area contributed by atoms with Gasteiger partial charge in [0.2, 0.25) is 5.91 Å². The van der Waals surface area contributed by atoms with Crippen molar-refractivity contribution >= 4 is 5.91 Å². The molecule has 1 fully saturated rings. The molecule has 1 rings (SSSR count). The molecule has 0 aromatic rings. The second-order valence-electron chi connectivity index (χ2n) is 16.8. The van der Waals surface area contributed by atoms with Crippen molar-refractivity contribution in [2.24, 2.45) is 5.92 Å². The minimum absolute atomic E-state index is 0.175. The van der Waals surface area contributed by atoms with Crippen LogP contribution in [0.1, 0.15) is 213 Å². The van der Waals surface area contributed by atoms with Crippen molar-refractivity contribution in [1.29, 1.82) is 0 Å². The molecule has 9 heteroatoms. The molecule has 1 saturated heterocycles. The van der Waals surface area contributed by atoms with Crippen molar-refractivity contribution in [2.45, 2.75) is 256 Å². The normalized spacial score (nSPS) is 21.9. The Morgan fingerprint density at radius 3 is 1.64 bits per heavy atom. The highest BCUT2D eigenvalue weighted by atomic mass is 16.7. The molecular weight excluding hydrogens is 695 g/mol. The van der Waals surface area contributed by atoms with E-state index in [-0.39, 0.29) is 12.5 Å². The molecule has 1 aliphatic rings. The van der Waals surface area contributed by atoms with Gasteiger partial charge >= 0.3 is 0 Å². The summed E-state index contributed by atoms with van der Waals surface area (Å²) in [5.74, 6) is 0.640. The lowest BCUT2D eigenvalue weighted by Crippen LogP contribution is -2.60. The van der Waals surface area contributed by atoms with Gasteiger partial charge in [0.1, 0.15) is 24.4 Å². The number of ether oxygens (including phenoxy) is 2. The van der Waals surface area contributed by atoms with Crippen LogP contribution in [0.5, 0.6) is 0 Å². The summed E-state index contributed by atoms with van der Waals surface area (Å²) in [5.41, 5.74) is 0. The summed E-state index contributed by atoms with van der Waals surface area (Å²) in [6.07, 6.45) is 32.6. The van der Waals surface area contributed by atoms with Crippen LogP contribution in [0.25, 0.3) is 0 Å². The number of nitrogens with one attached hydrogen (secondary N) is 1. The molecule has 326 valence electrons. The number of aliphatic hydroxyl groups is 5. The van der Waals surface area contributed by atoms with E-state index in [1.807, 2.05) is 6.08 Å². The lowest BCUT2D eigenvalue weighted by atomic mass is 9.99. The van der Waals surface area contributed by atoms with Crippen LogP contribution in [0.15, 0.2) is 12.2 Å². The molecule has 0 saturated carbocycles. The molecule has 1 amide bonds. The molecule has 8 unspecified atom stereocenters. The van der Waals surface area contributed by atoms with Crippen molar-refractivity contribution in [1.82, 2.24) is 5.32 Å². The highest BCUT2D eigenvalue weighted by Gasteiger charge is 2.44. The van der Waals surface area contributed by atoms with Crippen LogP contribution in [0.2, 0.25) is 0 Å². The molecule has 6 N–H and O–H groups in total. The molecule has 8 atom stereocenters. The number of aliphatic hydroxyl groups excluding tert-OH is 5. The molecule has 55 heavy (non-hydrogen) atoms. The fourth-order valence-corrected chi connectivity index (χ4v) is 7.48. The van der Waals surface area contributed by atoms with Crippen molar-refractivity contribution in [3.05, 3.63) is 12.2 Å². The number of allylic oxidation sites excluding steroid dienone is 1. The quantitative estimate of drug-likeness (QED) is 0.0268. The van der Waals surface area contributed by atoms with Gasteiger partial charge in [-0.2, -0.15) is 0 Å². The van der Waals surface area contributed by atoms with E-state index in [2.05, 4.69) is 26.1 Å². The van der Waals surface area contributed by atoms with E-state index in [1.54, 1.807) is 6.08 Å². The second-order valence-corrected chi connectivity index (χ2v) is 16.8. The maximum Gasteiger partial charge on any atom is 0.220 e. The van der Waals surface area contributed by atoms with Crippen molar-refractivity contribution in [2.75, 3.05) is 13.2 Å². The summed E-state index contributed by atoms with van der Waals surface area (Å²) >= 11 is 0. The van der Waals surface area contributed by atoms with E-state index in [0.29, 0.717) is 6.42 Å². The van der Waals surface area contributed by atoms with Crippen LogP contribution in [0.4, 0.5) is 0 Å². The average molecular weight is 784 g/mol. The Balaban J connectivity index is 2.30. The van der Waals surface area contributed by atoms with Crippen molar-refractivity contribution < 1.29 is 39.8 Å². The molecule has 0 aromatic heterocycles. The number of carbonyl (C=O) groups is 1. The van der Waals surface area contributed by atoms with Crippen LogP contribution in [0, 0.1) is 5.92 Å². The first-order chi connectivity index (χ1) is 26.7. The smallest absolute Gasteiger partial charge is 0.220 e. The minimum Gasteiger partial charge on any atom is -0.394 e. The largest absolute Gasteiger partial charge is 0.394 e. The fourth-order valence-electron chi connectivity index (χ4n) is 7.48. The van der Waals surface area contributed by atoms with Crippen LogP contribution in [-0.2, 0) is 14.3 Å². The van der Waals surface area contributed by atoms with Crippen molar-refractivity contribution in [3.63, 3.8) is 0 Å². The summed E-state index contributed by atoms with van der Waals surface area (Å²) in [6.45, 7) is 6.10. The van der Waals surface area contributed by atoms with E-state index >= 15 is 0 Å². The van der Waals surface area contributed by atoms with E-state index in [4.69, 9.17) is 9.47 Å². The molecular formula is C46H89NO8. The van der Waals surface area contributed by atoms with E-state index in [9.17, 15) is 30.3 Å². The first-order valence-electron chi connectivity index (χ1n) is 23.3. The monoisotopic (exact) mass is 784 g/mol. The predicted octanol–water partition coefficient (Wildman–Crippen LogP) is 9.58. The standard InChI is InChI=1S/C46H89NO8/c1-4-6-7-8-9-10-11-12-13-14-15-16-17-18-19-20-21-26-29-32-35-42(50)47-39(37-54-46-45(53)44(52)43(51)41(36-48)55-46)40(49)34-31-28-25-23-22-24-27-30-33-38(3)5-2/h31,34,38-41,43-46,48-49,51-53H,4-30,32-33,35-37H2,1-3H3,(H,47,50). The third-order valence-electron chi connectivity index (χ3n) is 11.7. The van der Waals surface area contributed by atoms with Gasteiger partial charge in [0.25, 0.3) is 0 Å². The Labute approximate surface area is 337 Å². The number of hydrogen-bond acceptors (Lipinski definition) is 8. The van der Waals surface area contributed by atoms with Gasteiger partial charge in [0.05, 0.1) is 25.4 Å². The number of rotatable bonds is 38. The highest BCUT2D eigenvalue weighted by Crippen LogP contribution is 2.23. The van der Waals surface area contributed by atoms with Gasteiger partial charge in [-0.25, -0.2) is 0 Å². The highest BCUT2D eigenvalue weighted by molar-refractivity contribution is 5.76. The van der Waals surface area contributed by atoms with Crippen LogP contribution >= 0.6 is 0 Å². The lowest BCUT2D eigenvalue weighted by Gasteiger charge is -2.40. The summed E-state index contributed by atoms with van der Waals surface area (Å²) in [6, 6.07) is -0.799. The number of hydrogen-bond donors (Lipinski definition) is 6. The Bertz CT molecular complexity index is 888. The Morgan fingerprint density at radius 1 is 0.673 bits per heavy atom. The third kappa shape index (κ3) is 27.3. The number of unbranched alkanes of at least 4 members (excludes halogenated alkanes) is 25. The zero-order chi connectivity index (χ0) is 40.4. The molecule has 9 nitrogen and oxygen atoms in total. The van der Waals surface area contributed by atoms with Gasteiger partial charge in [0.15, 0.2) is 6.29 Å². The fraction of sp³-hybridized carbons (Fsp3) is 0.935. The van der Waals surface area contributed by atoms with E-state index in [0.717, 1.165) is 44.4 Å². The SMILES string of the molecule is CCCCCCCCCCCCCCCCCCCCCCC(=O)NC(COC1OC(CO)C(O)C(O)C1O)C(O)C=CCCCCCCCCC(C)CC. The van der Waals surface area contributed by atoms with Crippen molar-refractivity contribution in [3.8, 4) is 0 Å². The Kier molecular flexibility index (Phi) is 34.0. The summed E-state index contributed by atoms with van der Waals surface area (Å²) < 4.78 is 11.2. The second kappa shape index (κ2) is 36.0. The summed E-state index contributed by atoms with van der Waals surface area (Å²) in [4.78, 5) is 12.9. The van der Waals surface area contributed by atoms with Gasteiger partial charge in [-0.05, 0) is 25.2 Å². The van der Waals surface area contributed by atoms with Gasteiger partial charge in [-0.15, -0.1) is 0 Å². The maximum absolute atomic E-state index is 12.9. The zero-order valence-electron chi connectivity index (χ0n) is 35.9. The zero-order valence-corrected chi connectivity index (χ0v) is 35.9. The summed E-state index contributed by atoms with van der Waals surface area (Å²) in [5, 5.41) is 54.1. The molecule has 0 bridgehead atoms. The predicted molar refractivity (Wildman–Crippen MR) is 226 cm³/mol. The molecule has 1 heterocycles. The third-order valence-corrected chi connectivity index (χ3v) is 11.7. The van der Waals surface area contributed by atoms with E-state index < -0.39 is 49.5 Å². The summed E-state index contributed by atoms with van der Waals surface area (Å²) in [7, 11) is 0. The molecule has 1 aliphatic heterocycles. The number of carbonyl (C=O) groups excluding carboxylic acids is 1.